The molecular formula is C16H27N3O2. The second-order valence-electron chi connectivity index (χ2n) is 7.21. The van der Waals surface area contributed by atoms with Crippen molar-refractivity contribution in [3.8, 4) is 0 Å². The number of amides is 1. The molecule has 1 aliphatic carbocycles. The van der Waals surface area contributed by atoms with Crippen molar-refractivity contribution in [2.24, 2.45) is 12.5 Å². The molecule has 1 saturated carbocycles. The number of carbonyl (C=O) groups is 1. The van der Waals surface area contributed by atoms with Gasteiger partial charge >= 0.3 is 0 Å². The van der Waals surface area contributed by atoms with Gasteiger partial charge in [-0.1, -0.05) is 27.7 Å². The highest BCUT2D eigenvalue weighted by Crippen LogP contribution is 2.45. The van der Waals surface area contributed by atoms with Crippen LogP contribution in [0.5, 0.6) is 0 Å². The number of nitrogens with zero attached hydrogens (tertiary/aromatic N) is 2. The molecule has 21 heavy (non-hydrogen) atoms. The fourth-order valence-electron chi connectivity index (χ4n) is 3.15. The van der Waals surface area contributed by atoms with Crippen molar-refractivity contribution in [1.29, 1.82) is 0 Å². The summed E-state index contributed by atoms with van der Waals surface area (Å²) in [5.74, 6) is 0.0425. The van der Waals surface area contributed by atoms with Gasteiger partial charge in [0, 0.05) is 19.8 Å². The third-order valence-electron chi connectivity index (χ3n) is 4.84. The van der Waals surface area contributed by atoms with Crippen molar-refractivity contribution in [2.75, 3.05) is 6.54 Å². The zero-order valence-corrected chi connectivity index (χ0v) is 13.7. The second kappa shape index (κ2) is 5.44. The van der Waals surface area contributed by atoms with E-state index < -0.39 is 5.60 Å². The van der Waals surface area contributed by atoms with E-state index in [9.17, 15) is 9.90 Å². The van der Waals surface area contributed by atoms with E-state index in [0.29, 0.717) is 12.1 Å². The molecule has 5 nitrogen and oxygen atoms in total. The zero-order valence-electron chi connectivity index (χ0n) is 13.7. The lowest BCUT2D eigenvalue weighted by molar-refractivity contribution is -0.0394. The van der Waals surface area contributed by atoms with Crippen LogP contribution in [0.15, 0.2) is 6.20 Å². The molecule has 1 atom stereocenters. The van der Waals surface area contributed by atoms with Crippen LogP contribution in [-0.4, -0.2) is 32.9 Å². The molecule has 0 saturated heterocycles. The number of aromatic nitrogens is 2. The molecule has 118 valence electrons. The van der Waals surface area contributed by atoms with Crippen LogP contribution in [0.3, 0.4) is 0 Å². The van der Waals surface area contributed by atoms with Gasteiger partial charge in [0.05, 0.1) is 16.9 Å². The molecule has 1 aliphatic rings. The Hall–Kier alpha value is -1.36. The van der Waals surface area contributed by atoms with Crippen molar-refractivity contribution in [3.05, 3.63) is 17.5 Å². The van der Waals surface area contributed by atoms with Crippen LogP contribution in [0.2, 0.25) is 0 Å². The Morgan fingerprint density at radius 1 is 1.48 bits per heavy atom. The Labute approximate surface area is 126 Å². The predicted octanol–water partition coefficient (Wildman–Crippen LogP) is 2.21. The molecule has 1 aromatic heterocycles. The molecule has 0 radical (unpaired) electrons. The molecule has 2 N–H and O–H groups in total. The van der Waals surface area contributed by atoms with Crippen molar-refractivity contribution in [3.63, 3.8) is 0 Å². The predicted molar refractivity (Wildman–Crippen MR) is 82.2 cm³/mol. The van der Waals surface area contributed by atoms with Gasteiger partial charge in [-0.15, -0.1) is 0 Å². The van der Waals surface area contributed by atoms with E-state index in [0.717, 1.165) is 25.0 Å². The smallest absolute Gasteiger partial charge is 0.254 e. The van der Waals surface area contributed by atoms with Crippen LogP contribution in [0.4, 0.5) is 0 Å². The van der Waals surface area contributed by atoms with E-state index >= 15 is 0 Å². The number of hydrogen-bond donors (Lipinski definition) is 2. The van der Waals surface area contributed by atoms with Gasteiger partial charge in [-0.2, -0.15) is 5.10 Å². The van der Waals surface area contributed by atoms with E-state index in [1.165, 1.54) is 0 Å². The van der Waals surface area contributed by atoms with Gasteiger partial charge in [0.25, 0.3) is 5.91 Å². The average molecular weight is 293 g/mol. The van der Waals surface area contributed by atoms with E-state index in [-0.39, 0.29) is 17.2 Å². The fourth-order valence-corrected chi connectivity index (χ4v) is 3.15. The third-order valence-corrected chi connectivity index (χ3v) is 4.84. The first-order valence-corrected chi connectivity index (χ1v) is 7.70. The molecule has 1 amide bonds. The van der Waals surface area contributed by atoms with Gasteiger partial charge in [-0.05, 0) is 30.6 Å². The van der Waals surface area contributed by atoms with Gasteiger partial charge in [0.15, 0.2) is 0 Å². The number of aryl methyl sites for hydroxylation is 1. The number of carbonyl (C=O) groups excluding carboxylic acids is 1. The lowest BCUT2D eigenvalue weighted by atomic mass is 9.78. The van der Waals surface area contributed by atoms with Crippen molar-refractivity contribution in [2.45, 2.75) is 58.5 Å². The van der Waals surface area contributed by atoms with Crippen LogP contribution in [0.1, 0.15) is 68.9 Å². The summed E-state index contributed by atoms with van der Waals surface area (Å²) in [6.45, 7) is 8.47. The van der Waals surface area contributed by atoms with Crippen LogP contribution in [0, 0.1) is 5.41 Å². The third kappa shape index (κ3) is 2.98. The molecule has 0 aliphatic heterocycles. The van der Waals surface area contributed by atoms with E-state index in [1.807, 2.05) is 20.9 Å². The first kappa shape index (κ1) is 16.0. The molecule has 0 bridgehead atoms. The van der Waals surface area contributed by atoms with Gasteiger partial charge in [-0.3, -0.25) is 9.48 Å². The van der Waals surface area contributed by atoms with Crippen molar-refractivity contribution in [1.82, 2.24) is 15.1 Å². The summed E-state index contributed by atoms with van der Waals surface area (Å²) in [5.41, 5.74) is 0.429. The van der Waals surface area contributed by atoms with Gasteiger partial charge in [0.2, 0.25) is 0 Å². The summed E-state index contributed by atoms with van der Waals surface area (Å²) in [4.78, 5) is 12.4. The molecule has 5 heteroatoms. The molecule has 1 aromatic rings. The van der Waals surface area contributed by atoms with Gasteiger partial charge < -0.3 is 10.4 Å². The number of aliphatic hydroxyl groups is 1. The maximum Gasteiger partial charge on any atom is 0.254 e. The lowest BCUT2D eigenvalue weighted by Crippen LogP contribution is -2.49. The van der Waals surface area contributed by atoms with E-state index in [2.05, 4.69) is 24.3 Å². The standard InChI is InChI=1S/C16H27N3O2/c1-11(2)13-12(9-19(5)18-13)14(20)17-10-16(21)8-6-7-15(16,3)4/h9,11,21H,6-8,10H2,1-5H3,(H,17,20). The van der Waals surface area contributed by atoms with Crippen LogP contribution in [0.25, 0.3) is 0 Å². The maximum atomic E-state index is 12.4. The maximum absolute atomic E-state index is 12.4. The molecule has 1 heterocycles. The van der Waals surface area contributed by atoms with E-state index in [4.69, 9.17) is 0 Å². The minimum Gasteiger partial charge on any atom is -0.387 e. The van der Waals surface area contributed by atoms with Crippen LogP contribution >= 0.6 is 0 Å². The minimum atomic E-state index is -0.817. The lowest BCUT2D eigenvalue weighted by Gasteiger charge is -2.36. The highest BCUT2D eigenvalue weighted by molar-refractivity contribution is 5.95. The Kier molecular flexibility index (Phi) is 4.15. The molecule has 1 fully saturated rings. The Morgan fingerprint density at radius 2 is 2.14 bits per heavy atom. The number of hydrogen-bond acceptors (Lipinski definition) is 3. The van der Waals surface area contributed by atoms with Gasteiger partial charge in [-0.25, -0.2) is 0 Å². The highest BCUT2D eigenvalue weighted by atomic mass is 16.3. The van der Waals surface area contributed by atoms with Gasteiger partial charge in [0.1, 0.15) is 0 Å². The van der Waals surface area contributed by atoms with Crippen LogP contribution < -0.4 is 5.32 Å². The number of rotatable bonds is 4. The molecule has 0 spiro atoms. The number of nitrogens with one attached hydrogen (secondary N) is 1. The summed E-state index contributed by atoms with van der Waals surface area (Å²) < 4.78 is 1.67. The normalized spacial score (nSPS) is 24.5. The Balaban J connectivity index is 2.09. The molecule has 0 aromatic carbocycles. The first-order chi connectivity index (χ1) is 9.66. The Bertz CT molecular complexity index is 534. The summed E-state index contributed by atoms with van der Waals surface area (Å²) in [6.07, 6.45) is 4.48. The van der Waals surface area contributed by atoms with Crippen molar-refractivity contribution >= 4 is 5.91 Å². The highest BCUT2D eigenvalue weighted by Gasteiger charge is 2.47. The average Bonchev–Trinajstić information content (AvgIpc) is 2.89. The molecular weight excluding hydrogens is 266 g/mol. The summed E-state index contributed by atoms with van der Waals surface area (Å²) in [7, 11) is 1.82. The first-order valence-electron chi connectivity index (χ1n) is 7.70. The SMILES string of the molecule is CC(C)c1nn(C)cc1C(=O)NCC1(O)CCCC1(C)C. The van der Waals surface area contributed by atoms with Crippen LogP contribution in [-0.2, 0) is 7.05 Å². The summed E-state index contributed by atoms with van der Waals surface area (Å²) >= 11 is 0. The summed E-state index contributed by atoms with van der Waals surface area (Å²) in [5, 5.41) is 18.0. The quantitative estimate of drug-likeness (QED) is 0.894. The second-order valence-corrected chi connectivity index (χ2v) is 7.21. The summed E-state index contributed by atoms with van der Waals surface area (Å²) in [6, 6.07) is 0. The molecule has 1 unspecified atom stereocenters. The minimum absolute atomic E-state index is 0.150. The topological polar surface area (TPSA) is 67.2 Å². The zero-order chi connectivity index (χ0) is 15.8. The fraction of sp³-hybridized carbons (Fsp3) is 0.750. The van der Waals surface area contributed by atoms with E-state index in [1.54, 1.807) is 10.9 Å². The largest absolute Gasteiger partial charge is 0.387 e. The Morgan fingerprint density at radius 3 is 2.67 bits per heavy atom. The monoisotopic (exact) mass is 293 g/mol. The molecule has 2 rings (SSSR count). The van der Waals surface area contributed by atoms with Crippen molar-refractivity contribution < 1.29 is 9.90 Å².